The molecule has 4 aromatic rings. The summed E-state index contributed by atoms with van der Waals surface area (Å²) in [4.78, 5) is 24.2. The van der Waals surface area contributed by atoms with Crippen molar-refractivity contribution in [2.24, 2.45) is 0 Å². The monoisotopic (exact) mass is 475 g/mol. The van der Waals surface area contributed by atoms with Gasteiger partial charge < -0.3 is 10.3 Å². The highest BCUT2D eigenvalue weighted by molar-refractivity contribution is 7.92. The molecule has 4 rings (SSSR count). The number of aryl methyl sites for hydroxylation is 1. The molecule has 0 saturated heterocycles. The Kier molecular flexibility index (Phi) is 5.80. The second kappa shape index (κ2) is 8.58. The Morgan fingerprint density at radius 3 is 2.67 bits per heavy atom. The summed E-state index contributed by atoms with van der Waals surface area (Å²) in [5.41, 5.74) is 0.0328. The highest BCUT2D eigenvalue weighted by atomic mass is 32.2. The van der Waals surface area contributed by atoms with Crippen molar-refractivity contribution in [3.8, 4) is 0 Å². The van der Waals surface area contributed by atoms with Crippen molar-refractivity contribution in [1.82, 2.24) is 25.1 Å². The standard InChI is InChI=1S/C20H19F2N7O3S/c1-3-6-33(31,32)29-13-5-4-12(21)16(17(13)22)18(30)11-7-23-19-15(11)20(25-9-24-19)27-14-8-26-28-10(14)2/h4-5,7-9,29H,3,6H2,1-2H3,(H,26,28)(H2,23,24,25,27). The lowest BCUT2D eigenvalue weighted by Gasteiger charge is -2.12. The molecule has 0 unspecified atom stereocenters. The van der Waals surface area contributed by atoms with Gasteiger partial charge in [-0.05, 0) is 25.5 Å². The third-order valence-electron chi connectivity index (χ3n) is 4.85. The Morgan fingerprint density at radius 1 is 1.18 bits per heavy atom. The fraction of sp³-hybridized carbons (Fsp3) is 0.200. The van der Waals surface area contributed by atoms with Gasteiger partial charge in [0.15, 0.2) is 5.82 Å². The van der Waals surface area contributed by atoms with Crippen LogP contribution in [0.2, 0.25) is 0 Å². The number of ketones is 1. The lowest BCUT2D eigenvalue weighted by atomic mass is 10.0. The zero-order valence-electron chi connectivity index (χ0n) is 17.5. The molecule has 3 heterocycles. The Balaban J connectivity index is 1.80. The lowest BCUT2D eigenvalue weighted by Crippen LogP contribution is -2.18. The third kappa shape index (κ3) is 4.26. The summed E-state index contributed by atoms with van der Waals surface area (Å²) in [6.45, 7) is 3.41. The number of aromatic nitrogens is 5. The molecule has 0 aliphatic carbocycles. The smallest absolute Gasteiger partial charge is 0.232 e. The number of nitrogens with one attached hydrogen (secondary N) is 4. The molecule has 4 N–H and O–H groups in total. The van der Waals surface area contributed by atoms with Crippen LogP contribution in [0.3, 0.4) is 0 Å². The molecule has 0 spiro atoms. The SMILES string of the molecule is CCCS(=O)(=O)Nc1ccc(F)c(C(=O)c2c[nH]c3ncnc(Nc4cn[nH]c4C)c23)c1F. The van der Waals surface area contributed by atoms with E-state index in [1.54, 1.807) is 13.8 Å². The van der Waals surface area contributed by atoms with Gasteiger partial charge in [-0.3, -0.25) is 14.6 Å². The second-order valence-corrected chi connectivity index (χ2v) is 9.06. The molecule has 10 nitrogen and oxygen atoms in total. The number of hydrogen-bond acceptors (Lipinski definition) is 7. The van der Waals surface area contributed by atoms with Crippen molar-refractivity contribution in [1.29, 1.82) is 0 Å². The van der Waals surface area contributed by atoms with Gasteiger partial charge in [0, 0.05) is 6.20 Å². The van der Waals surface area contributed by atoms with Crippen LogP contribution in [0.4, 0.5) is 26.0 Å². The van der Waals surface area contributed by atoms with E-state index in [4.69, 9.17) is 0 Å². The molecule has 33 heavy (non-hydrogen) atoms. The van der Waals surface area contributed by atoms with E-state index >= 15 is 4.39 Å². The number of hydrogen-bond donors (Lipinski definition) is 4. The van der Waals surface area contributed by atoms with E-state index in [0.29, 0.717) is 17.8 Å². The van der Waals surface area contributed by atoms with Crippen molar-refractivity contribution >= 4 is 44.0 Å². The number of fused-ring (bicyclic) bond motifs is 1. The van der Waals surface area contributed by atoms with Crippen LogP contribution < -0.4 is 10.0 Å². The first-order chi connectivity index (χ1) is 15.7. The van der Waals surface area contributed by atoms with E-state index in [1.807, 2.05) is 0 Å². The molecule has 0 radical (unpaired) electrons. The zero-order chi connectivity index (χ0) is 23.8. The highest BCUT2D eigenvalue weighted by Gasteiger charge is 2.27. The summed E-state index contributed by atoms with van der Waals surface area (Å²) in [5, 5.41) is 9.89. The zero-order valence-corrected chi connectivity index (χ0v) is 18.3. The van der Waals surface area contributed by atoms with Gasteiger partial charge in [0.05, 0.1) is 45.5 Å². The average Bonchev–Trinajstić information content (AvgIpc) is 3.37. The largest absolute Gasteiger partial charge is 0.345 e. The molecule has 0 saturated carbocycles. The summed E-state index contributed by atoms with van der Waals surface area (Å²) < 4.78 is 55.9. The number of halogens is 2. The minimum absolute atomic E-state index is 0.0967. The molecule has 3 aromatic heterocycles. The van der Waals surface area contributed by atoms with Crippen molar-refractivity contribution < 1.29 is 22.0 Å². The van der Waals surface area contributed by atoms with Crippen molar-refractivity contribution in [2.75, 3.05) is 15.8 Å². The number of carbonyl (C=O) groups excluding carboxylic acids is 1. The molecule has 0 atom stereocenters. The van der Waals surface area contributed by atoms with E-state index in [0.717, 1.165) is 12.1 Å². The van der Waals surface area contributed by atoms with E-state index in [1.165, 1.54) is 18.7 Å². The van der Waals surface area contributed by atoms with Crippen LogP contribution in [0.25, 0.3) is 11.0 Å². The number of H-pyrrole nitrogens is 2. The highest BCUT2D eigenvalue weighted by Crippen LogP contribution is 2.31. The fourth-order valence-corrected chi connectivity index (χ4v) is 4.43. The Morgan fingerprint density at radius 2 is 1.97 bits per heavy atom. The molecule has 0 aliphatic rings. The van der Waals surface area contributed by atoms with Gasteiger partial charge in [-0.1, -0.05) is 6.92 Å². The number of nitrogens with zero attached hydrogens (tertiary/aromatic N) is 3. The van der Waals surface area contributed by atoms with Gasteiger partial charge in [0.2, 0.25) is 15.8 Å². The minimum atomic E-state index is -3.86. The molecular formula is C20H19F2N7O3S. The van der Waals surface area contributed by atoms with Crippen LogP contribution in [0, 0.1) is 18.6 Å². The predicted octanol–water partition coefficient (Wildman–Crippen LogP) is 3.39. The summed E-state index contributed by atoms with van der Waals surface area (Å²) in [7, 11) is -3.86. The second-order valence-electron chi connectivity index (χ2n) is 7.22. The molecule has 0 fully saturated rings. The van der Waals surface area contributed by atoms with Crippen LogP contribution in [0.5, 0.6) is 0 Å². The average molecular weight is 475 g/mol. The maximum Gasteiger partial charge on any atom is 0.232 e. The number of carbonyl (C=O) groups is 1. The molecule has 13 heteroatoms. The van der Waals surface area contributed by atoms with E-state index in [9.17, 15) is 17.6 Å². The molecule has 0 aliphatic heterocycles. The van der Waals surface area contributed by atoms with E-state index < -0.39 is 38.7 Å². The third-order valence-corrected chi connectivity index (χ3v) is 6.33. The van der Waals surface area contributed by atoms with Gasteiger partial charge in [-0.25, -0.2) is 27.2 Å². The first-order valence-electron chi connectivity index (χ1n) is 9.84. The Labute approximate surface area is 186 Å². The van der Waals surface area contributed by atoms with Gasteiger partial charge in [0.1, 0.15) is 23.6 Å². The van der Waals surface area contributed by atoms with Crippen LogP contribution in [0.1, 0.15) is 35.0 Å². The van der Waals surface area contributed by atoms with E-state index in [2.05, 4.69) is 35.2 Å². The van der Waals surface area contributed by atoms with Crippen LogP contribution >= 0.6 is 0 Å². The van der Waals surface area contributed by atoms with Crippen LogP contribution in [0.15, 0.2) is 30.9 Å². The van der Waals surface area contributed by atoms with Crippen LogP contribution in [-0.4, -0.2) is 45.1 Å². The maximum atomic E-state index is 15.1. The van der Waals surface area contributed by atoms with Gasteiger partial charge in [-0.15, -0.1) is 0 Å². The molecule has 1 aromatic carbocycles. The van der Waals surface area contributed by atoms with Crippen molar-refractivity contribution in [3.05, 3.63) is 59.3 Å². The first kappa shape index (κ1) is 22.3. The predicted molar refractivity (Wildman–Crippen MR) is 118 cm³/mol. The van der Waals surface area contributed by atoms with E-state index in [-0.39, 0.29) is 28.2 Å². The topological polar surface area (TPSA) is 146 Å². The molecule has 0 amide bonds. The lowest BCUT2D eigenvalue weighted by molar-refractivity contribution is 0.103. The first-order valence-corrected chi connectivity index (χ1v) is 11.5. The summed E-state index contributed by atoms with van der Waals surface area (Å²) in [6.07, 6.45) is 4.34. The summed E-state index contributed by atoms with van der Waals surface area (Å²) in [6, 6.07) is 1.76. The van der Waals surface area contributed by atoms with Crippen LogP contribution in [-0.2, 0) is 10.0 Å². The molecule has 0 bridgehead atoms. The maximum absolute atomic E-state index is 15.1. The van der Waals surface area contributed by atoms with Crippen molar-refractivity contribution in [2.45, 2.75) is 20.3 Å². The minimum Gasteiger partial charge on any atom is -0.345 e. The summed E-state index contributed by atoms with van der Waals surface area (Å²) >= 11 is 0. The number of sulfonamides is 1. The van der Waals surface area contributed by atoms with Gasteiger partial charge >= 0.3 is 0 Å². The number of aromatic amines is 2. The normalized spacial score (nSPS) is 11.6. The Hall–Kier alpha value is -3.87. The quantitative estimate of drug-likeness (QED) is 0.286. The number of anilines is 3. The van der Waals surface area contributed by atoms with Gasteiger partial charge in [0.25, 0.3) is 0 Å². The number of benzene rings is 1. The van der Waals surface area contributed by atoms with Gasteiger partial charge in [-0.2, -0.15) is 5.10 Å². The van der Waals surface area contributed by atoms with Crippen molar-refractivity contribution in [3.63, 3.8) is 0 Å². The summed E-state index contributed by atoms with van der Waals surface area (Å²) in [5.74, 6) is -3.49. The molecule has 172 valence electrons. The fourth-order valence-electron chi connectivity index (χ4n) is 3.30. The number of rotatable bonds is 8. The molecular weight excluding hydrogens is 456 g/mol. The Bertz CT molecular complexity index is 1460.